The normalized spacial score (nSPS) is 13.2. The maximum Gasteiger partial charge on any atom is 0.230 e. The van der Waals surface area contributed by atoms with Crippen LogP contribution in [-0.2, 0) is 10.8 Å². The van der Waals surface area contributed by atoms with Gasteiger partial charge in [-0.25, -0.2) is 0 Å². The Kier molecular flexibility index (Phi) is 11.5. The standard InChI is InChI=1S/C37H44O8/c1-36(2,26-5-13-32(14-6-26)42-23-30(40)21-38)28-9-17-34(18-10-28)44-25-45-35-19-11-29(12-20-35)37(3,4)27-7-15-33(16-8-27)43-24-31(41)22-39/h5-20,30-31,38-41H,21-25H2,1-4H3. The van der Waals surface area contributed by atoms with E-state index < -0.39 is 12.2 Å². The second-order valence-electron chi connectivity index (χ2n) is 12.0. The highest BCUT2D eigenvalue weighted by molar-refractivity contribution is 5.43. The Morgan fingerprint density at radius 3 is 0.933 bits per heavy atom. The summed E-state index contributed by atoms with van der Waals surface area (Å²) in [7, 11) is 0. The van der Waals surface area contributed by atoms with E-state index in [1.165, 1.54) is 0 Å². The summed E-state index contributed by atoms with van der Waals surface area (Å²) in [5.74, 6) is 2.69. The summed E-state index contributed by atoms with van der Waals surface area (Å²) in [6.07, 6.45) is -1.80. The summed E-state index contributed by atoms with van der Waals surface area (Å²) in [5.41, 5.74) is 3.97. The largest absolute Gasteiger partial charge is 0.491 e. The van der Waals surface area contributed by atoms with E-state index >= 15 is 0 Å². The van der Waals surface area contributed by atoms with Crippen molar-refractivity contribution in [3.8, 4) is 23.0 Å². The lowest BCUT2D eigenvalue weighted by Crippen LogP contribution is -2.21. The van der Waals surface area contributed by atoms with Crippen molar-refractivity contribution >= 4 is 0 Å². The van der Waals surface area contributed by atoms with Crippen LogP contribution in [0, 0.1) is 0 Å². The lowest BCUT2D eigenvalue weighted by molar-refractivity contribution is 0.0536. The molecule has 45 heavy (non-hydrogen) atoms. The molecular weight excluding hydrogens is 572 g/mol. The Morgan fingerprint density at radius 1 is 0.444 bits per heavy atom. The number of ether oxygens (including phenoxy) is 4. The van der Waals surface area contributed by atoms with Gasteiger partial charge in [0, 0.05) is 10.8 Å². The van der Waals surface area contributed by atoms with Gasteiger partial charge in [0.1, 0.15) is 48.4 Å². The Hall–Kier alpha value is -4.08. The third-order valence-electron chi connectivity index (χ3n) is 8.06. The van der Waals surface area contributed by atoms with Crippen LogP contribution < -0.4 is 18.9 Å². The summed E-state index contributed by atoms with van der Waals surface area (Å²) < 4.78 is 22.8. The van der Waals surface area contributed by atoms with E-state index in [2.05, 4.69) is 27.7 Å². The number of aliphatic hydroxyl groups is 4. The van der Waals surface area contributed by atoms with Crippen LogP contribution in [0.25, 0.3) is 0 Å². The average Bonchev–Trinajstić information content (AvgIpc) is 3.07. The first-order valence-corrected chi connectivity index (χ1v) is 15.0. The van der Waals surface area contributed by atoms with Gasteiger partial charge in [-0.05, 0) is 70.8 Å². The van der Waals surface area contributed by atoms with Crippen molar-refractivity contribution in [1.82, 2.24) is 0 Å². The van der Waals surface area contributed by atoms with Gasteiger partial charge in [0.05, 0.1) is 13.2 Å². The van der Waals surface area contributed by atoms with Gasteiger partial charge >= 0.3 is 0 Å². The predicted octanol–water partition coefficient (Wildman–Crippen LogP) is 5.22. The molecule has 0 aliphatic heterocycles. The minimum absolute atomic E-state index is 0.0432. The lowest BCUT2D eigenvalue weighted by Gasteiger charge is -2.27. The third-order valence-corrected chi connectivity index (χ3v) is 8.06. The van der Waals surface area contributed by atoms with Crippen molar-refractivity contribution in [2.75, 3.05) is 33.2 Å². The number of benzene rings is 4. The zero-order valence-corrected chi connectivity index (χ0v) is 26.3. The first kappa shape index (κ1) is 33.8. The number of aliphatic hydroxyl groups excluding tert-OH is 4. The smallest absolute Gasteiger partial charge is 0.230 e. The molecule has 0 radical (unpaired) electrons. The SMILES string of the molecule is CC(C)(c1ccc(OCOc2ccc(C(C)(C)c3ccc(OCC(O)CO)cc3)cc2)cc1)c1ccc(OCC(O)CO)cc1. The van der Waals surface area contributed by atoms with Gasteiger partial charge in [0.15, 0.2) is 0 Å². The fraction of sp³-hybridized carbons (Fsp3) is 0.351. The van der Waals surface area contributed by atoms with Crippen molar-refractivity contribution in [3.05, 3.63) is 119 Å². The molecule has 2 atom stereocenters. The summed E-state index contributed by atoms with van der Waals surface area (Å²) in [6, 6.07) is 31.4. The highest BCUT2D eigenvalue weighted by Crippen LogP contribution is 2.35. The van der Waals surface area contributed by atoms with Crippen LogP contribution in [0.4, 0.5) is 0 Å². The van der Waals surface area contributed by atoms with E-state index in [0.717, 1.165) is 22.3 Å². The van der Waals surface area contributed by atoms with Crippen LogP contribution in [0.2, 0.25) is 0 Å². The van der Waals surface area contributed by atoms with Crippen LogP contribution in [0.3, 0.4) is 0 Å². The molecule has 0 aromatic heterocycles. The molecule has 4 aromatic rings. The van der Waals surface area contributed by atoms with E-state index in [4.69, 9.17) is 29.2 Å². The van der Waals surface area contributed by atoms with Crippen molar-refractivity contribution in [1.29, 1.82) is 0 Å². The van der Waals surface area contributed by atoms with Crippen molar-refractivity contribution < 1.29 is 39.4 Å². The van der Waals surface area contributed by atoms with Gasteiger partial charge in [-0.15, -0.1) is 0 Å². The fourth-order valence-electron chi connectivity index (χ4n) is 4.86. The molecule has 0 fully saturated rings. The van der Waals surface area contributed by atoms with Gasteiger partial charge in [-0.2, -0.15) is 0 Å². The Labute approximate surface area is 265 Å². The molecule has 0 heterocycles. The minimum Gasteiger partial charge on any atom is -0.491 e. The highest BCUT2D eigenvalue weighted by atomic mass is 16.7. The maximum absolute atomic E-state index is 9.49. The van der Waals surface area contributed by atoms with Gasteiger partial charge in [-0.3, -0.25) is 0 Å². The second kappa shape index (κ2) is 15.3. The van der Waals surface area contributed by atoms with Crippen molar-refractivity contribution in [3.63, 3.8) is 0 Å². The molecule has 4 N–H and O–H groups in total. The second-order valence-corrected chi connectivity index (χ2v) is 12.0. The molecule has 4 aromatic carbocycles. The molecule has 0 amide bonds. The Balaban J connectivity index is 1.28. The molecule has 0 saturated heterocycles. The van der Waals surface area contributed by atoms with Crippen molar-refractivity contribution in [2.24, 2.45) is 0 Å². The Morgan fingerprint density at radius 2 is 0.689 bits per heavy atom. The first-order valence-electron chi connectivity index (χ1n) is 15.0. The van der Waals surface area contributed by atoms with Crippen LogP contribution in [0.1, 0.15) is 49.9 Å². The lowest BCUT2D eigenvalue weighted by atomic mass is 9.78. The summed E-state index contributed by atoms with van der Waals surface area (Å²) in [6.45, 7) is 8.10. The Bertz CT molecular complexity index is 1330. The quantitative estimate of drug-likeness (QED) is 0.127. The van der Waals surface area contributed by atoms with E-state index in [9.17, 15) is 10.2 Å². The molecule has 0 aliphatic carbocycles. The van der Waals surface area contributed by atoms with E-state index in [-0.39, 0.29) is 44.1 Å². The molecule has 0 saturated carbocycles. The topological polar surface area (TPSA) is 118 Å². The van der Waals surface area contributed by atoms with E-state index in [0.29, 0.717) is 23.0 Å². The molecule has 2 unspecified atom stereocenters. The fourth-order valence-corrected chi connectivity index (χ4v) is 4.86. The van der Waals surface area contributed by atoms with Gasteiger partial charge in [0.25, 0.3) is 0 Å². The summed E-state index contributed by atoms with van der Waals surface area (Å²) in [5, 5.41) is 36.9. The maximum atomic E-state index is 9.49. The van der Waals surface area contributed by atoms with Crippen LogP contribution in [-0.4, -0.2) is 65.9 Å². The van der Waals surface area contributed by atoms with Gasteiger partial charge in [-0.1, -0.05) is 76.2 Å². The van der Waals surface area contributed by atoms with Crippen LogP contribution >= 0.6 is 0 Å². The van der Waals surface area contributed by atoms with Gasteiger partial charge in [0.2, 0.25) is 6.79 Å². The zero-order valence-electron chi connectivity index (χ0n) is 26.3. The van der Waals surface area contributed by atoms with Crippen LogP contribution in [0.5, 0.6) is 23.0 Å². The number of rotatable bonds is 16. The van der Waals surface area contributed by atoms with E-state index in [1.807, 2.05) is 97.1 Å². The number of hydrogen-bond donors (Lipinski definition) is 4. The minimum atomic E-state index is -0.899. The third kappa shape index (κ3) is 8.99. The monoisotopic (exact) mass is 616 g/mol. The first-order chi connectivity index (χ1) is 21.5. The molecule has 8 nitrogen and oxygen atoms in total. The summed E-state index contributed by atoms with van der Waals surface area (Å²) in [4.78, 5) is 0. The molecule has 8 heteroatoms. The van der Waals surface area contributed by atoms with Crippen molar-refractivity contribution in [2.45, 2.75) is 50.7 Å². The molecule has 240 valence electrons. The average molecular weight is 617 g/mol. The molecular formula is C37H44O8. The zero-order chi connectivity index (χ0) is 32.5. The van der Waals surface area contributed by atoms with E-state index in [1.54, 1.807) is 0 Å². The van der Waals surface area contributed by atoms with Crippen LogP contribution in [0.15, 0.2) is 97.1 Å². The molecule has 0 spiro atoms. The van der Waals surface area contributed by atoms with Gasteiger partial charge < -0.3 is 39.4 Å². The molecule has 4 rings (SSSR count). The summed E-state index contributed by atoms with van der Waals surface area (Å²) >= 11 is 0. The predicted molar refractivity (Wildman–Crippen MR) is 173 cm³/mol. The molecule has 0 bridgehead atoms. The molecule has 0 aliphatic rings. The number of hydrogen-bond acceptors (Lipinski definition) is 8. The highest BCUT2D eigenvalue weighted by Gasteiger charge is 2.24.